The molecule has 2 aliphatic rings. The molecule has 0 bridgehead atoms. The lowest BCUT2D eigenvalue weighted by Gasteiger charge is -2.37. The minimum absolute atomic E-state index is 0.0737. The quantitative estimate of drug-likeness (QED) is 0.710. The molecule has 0 spiro atoms. The van der Waals surface area contributed by atoms with Gasteiger partial charge in [-0.1, -0.05) is 31.0 Å². The van der Waals surface area contributed by atoms with Gasteiger partial charge in [0.25, 0.3) is 0 Å². The maximum Gasteiger partial charge on any atom is 0.220 e. The summed E-state index contributed by atoms with van der Waals surface area (Å²) in [4.78, 5) is 19.8. The Morgan fingerprint density at radius 1 is 1.13 bits per heavy atom. The van der Waals surface area contributed by atoms with Crippen molar-refractivity contribution in [1.29, 1.82) is 0 Å². The van der Waals surface area contributed by atoms with E-state index in [2.05, 4.69) is 15.2 Å². The molecule has 5 heteroatoms. The highest BCUT2D eigenvalue weighted by Gasteiger charge is 2.31. The Kier molecular flexibility index (Phi) is 7.11. The second kappa shape index (κ2) is 10.2. The standard InChI is InChI=1S/C25H32FN3O/c26-22-11-5-9-20(15-22)17-29-14-6-10-21(18-29)25(23-12-3-4-13-27-23)28-24(30)16-19-7-1-2-8-19/h3-5,9,11-13,15,19,21,25H,1-2,6-8,10,14,16-18H2,(H,28,30)/t21-,25-/m1/s1. The number of benzene rings is 1. The number of aromatic nitrogens is 1. The number of pyridine rings is 1. The van der Waals surface area contributed by atoms with Gasteiger partial charge in [0.15, 0.2) is 0 Å². The van der Waals surface area contributed by atoms with Gasteiger partial charge in [-0.2, -0.15) is 0 Å². The van der Waals surface area contributed by atoms with E-state index in [1.54, 1.807) is 18.3 Å². The van der Waals surface area contributed by atoms with Crippen LogP contribution in [0.5, 0.6) is 0 Å². The summed E-state index contributed by atoms with van der Waals surface area (Å²) in [6.45, 7) is 2.61. The normalized spacial score (nSPS) is 21.4. The van der Waals surface area contributed by atoms with Gasteiger partial charge in [-0.3, -0.25) is 14.7 Å². The van der Waals surface area contributed by atoms with Crippen LogP contribution in [0.2, 0.25) is 0 Å². The first kappa shape index (κ1) is 21.0. The maximum atomic E-state index is 13.6. The summed E-state index contributed by atoms with van der Waals surface area (Å²) in [5, 5.41) is 3.34. The Morgan fingerprint density at radius 2 is 2.00 bits per heavy atom. The van der Waals surface area contributed by atoms with Gasteiger partial charge >= 0.3 is 0 Å². The summed E-state index contributed by atoms with van der Waals surface area (Å²) in [6, 6.07) is 12.7. The van der Waals surface area contributed by atoms with Crippen LogP contribution < -0.4 is 5.32 Å². The summed E-state index contributed by atoms with van der Waals surface area (Å²) in [7, 11) is 0. The number of halogens is 1. The van der Waals surface area contributed by atoms with Gasteiger partial charge in [-0.15, -0.1) is 0 Å². The molecule has 4 rings (SSSR count). The molecule has 1 aromatic carbocycles. The molecule has 1 aliphatic carbocycles. The van der Waals surface area contributed by atoms with E-state index >= 15 is 0 Å². The van der Waals surface area contributed by atoms with E-state index in [4.69, 9.17) is 0 Å². The molecular formula is C25H32FN3O. The van der Waals surface area contributed by atoms with Gasteiger partial charge < -0.3 is 5.32 Å². The molecule has 4 nitrogen and oxygen atoms in total. The first-order chi connectivity index (χ1) is 14.7. The second-order valence-corrected chi connectivity index (χ2v) is 8.92. The molecule has 0 radical (unpaired) electrons. The smallest absolute Gasteiger partial charge is 0.220 e. The fourth-order valence-electron chi connectivity index (χ4n) is 5.10. The minimum Gasteiger partial charge on any atom is -0.347 e. The van der Waals surface area contributed by atoms with Gasteiger partial charge in [0.05, 0.1) is 11.7 Å². The molecule has 2 fully saturated rings. The van der Waals surface area contributed by atoms with Crippen LogP contribution in [0.4, 0.5) is 4.39 Å². The first-order valence-electron chi connectivity index (χ1n) is 11.3. The van der Waals surface area contributed by atoms with Crippen molar-refractivity contribution in [3.63, 3.8) is 0 Å². The zero-order chi connectivity index (χ0) is 20.8. The fraction of sp³-hybridized carbons (Fsp3) is 0.520. The van der Waals surface area contributed by atoms with E-state index in [1.807, 2.05) is 24.3 Å². The lowest BCUT2D eigenvalue weighted by molar-refractivity contribution is -0.123. The van der Waals surface area contributed by atoms with Crippen LogP contribution in [0, 0.1) is 17.7 Å². The number of nitrogens with one attached hydrogen (secondary N) is 1. The van der Waals surface area contributed by atoms with E-state index < -0.39 is 0 Å². The van der Waals surface area contributed by atoms with Gasteiger partial charge in [0.2, 0.25) is 5.91 Å². The molecule has 2 atom stereocenters. The average Bonchev–Trinajstić information content (AvgIpc) is 3.26. The molecule has 160 valence electrons. The zero-order valence-electron chi connectivity index (χ0n) is 17.6. The number of piperidine rings is 1. The average molecular weight is 410 g/mol. The molecule has 2 aromatic rings. The molecule has 1 aliphatic heterocycles. The lowest BCUT2D eigenvalue weighted by Crippen LogP contribution is -2.43. The van der Waals surface area contributed by atoms with E-state index in [0.29, 0.717) is 18.3 Å². The monoisotopic (exact) mass is 409 g/mol. The van der Waals surface area contributed by atoms with Crippen molar-refractivity contribution >= 4 is 5.91 Å². The summed E-state index contributed by atoms with van der Waals surface area (Å²) in [5.41, 5.74) is 1.94. The SMILES string of the molecule is O=C(CC1CCCC1)N[C@@H](c1ccccn1)[C@@H]1CCCN(Cc2cccc(F)c2)C1. The van der Waals surface area contributed by atoms with Gasteiger partial charge in [-0.25, -0.2) is 4.39 Å². The predicted molar refractivity (Wildman–Crippen MR) is 116 cm³/mol. The summed E-state index contributed by atoms with van der Waals surface area (Å²) < 4.78 is 13.6. The highest BCUT2D eigenvalue weighted by molar-refractivity contribution is 5.76. The molecular weight excluding hydrogens is 377 g/mol. The van der Waals surface area contributed by atoms with E-state index in [9.17, 15) is 9.18 Å². The number of carbonyl (C=O) groups excluding carboxylic acids is 1. The number of nitrogens with zero attached hydrogens (tertiary/aromatic N) is 2. The third-order valence-electron chi connectivity index (χ3n) is 6.58. The number of likely N-dealkylation sites (tertiary alicyclic amines) is 1. The van der Waals surface area contributed by atoms with Gasteiger partial charge in [0.1, 0.15) is 5.82 Å². The molecule has 1 amide bonds. The highest BCUT2D eigenvalue weighted by atomic mass is 19.1. The number of amides is 1. The number of hydrogen-bond acceptors (Lipinski definition) is 3. The van der Waals surface area contributed by atoms with Crippen molar-refractivity contribution < 1.29 is 9.18 Å². The maximum absolute atomic E-state index is 13.6. The number of rotatable bonds is 7. The van der Waals surface area contributed by atoms with Crippen molar-refractivity contribution in [2.24, 2.45) is 11.8 Å². The number of hydrogen-bond donors (Lipinski definition) is 1. The van der Waals surface area contributed by atoms with Crippen molar-refractivity contribution in [3.8, 4) is 0 Å². The van der Waals surface area contributed by atoms with Crippen LogP contribution in [0.25, 0.3) is 0 Å². The Balaban J connectivity index is 1.44. The Hall–Kier alpha value is -2.27. The zero-order valence-corrected chi connectivity index (χ0v) is 17.6. The topological polar surface area (TPSA) is 45.2 Å². The van der Waals surface area contributed by atoms with Crippen molar-refractivity contribution in [2.75, 3.05) is 13.1 Å². The largest absolute Gasteiger partial charge is 0.347 e. The van der Waals surface area contributed by atoms with Gasteiger partial charge in [0, 0.05) is 25.7 Å². The van der Waals surface area contributed by atoms with Crippen molar-refractivity contribution in [1.82, 2.24) is 15.2 Å². The van der Waals surface area contributed by atoms with Crippen LogP contribution >= 0.6 is 0 Å². The minimum atomic E-state index is -0.188. The fourth-order valence-corrected chi connectivity index (χ4v) is 5.10. The summed E-state index contributed by atoms with van der Waals surface area (Å²) >= 11 is 0. The van der Waals surface area contributed by atoms with Crippen LogP contribution in [-0.2, 0) is 11.3 Å². The van der Waals surface area contributed by atoms with Gasteiger partial charge in [-0.05, 0) is 73.9 Å². The van der Waals surface area contributed by atoms with Crippen molar-refractivity contribution in [3.05, 3.63) is 65.7 Å². The number of carbonyl (C=O) groups is 1. The summed E-state index contributed by atoms with van der Waals surface area (Å²) in [5.74, 6) is 0.798. The molecule has 30 heavy (non-hydrogen) atoms. The van der Waals surface area contributed by atoms with Crippen LogP contribution in [0.15, 0.2) is 48.7 Å². The molecule has 1 saturated carbocycles. The molecule has 1 aromatic heterocycles. The lowest BCUT2D eigenvalue weighted by atomic mass is 9.87. The molecule has 2 heterocycles. The van der Waals surface area contributed by atoms with E-state index in [1.165, 1.54) is 31.7 Å². The Morgan fingerprint density at radius 3 is 2.77 bits per heavy atom. The Bertz CT molecular complexity index is 822. The Labute approximate surface area is 178 Å². The van der Waals surface area contributed by atoms with Crippen molar-refractivity contribution in [2.45, 2.75) is 57.5 Å². The predicted octanol–water partition coefficient (Wildman–Crippen LogP) is 4.87. The summed E-state index contributed by atoms with van der Waals surface area (Å²) in [6.07, 6.45) is 9.41. The molecule has 1 saturated heterocycles. The first-order valence-corrected chi connectivity index (χ1v) is 11.3. The highest BCUT2D eigenvalue weighted by Crippen LogP contribution is 2.31. The molecule has 1 N–H and O–H groups in total. The van der Waals surface area contributed by atoms with Crippen LogP contribution in [-0.4, -0.2) is 28.9 Å². The molecule has 0 unspecified atom stereocenters. The third kappa shape index (κ3) is 5.66. The van der Waals surface area contributed by atoms with E-state index in [-0.39, 0.29) is 17.8 Å². The third-order valence-corrected chi connectivity index (χ3v) is 6.58. The van der Waals surface area contributed by atoms with Crippen LogP contribution in [0.1, 0.15) is 62.2 Å². The second-order valence-electron chi connectivity index (χ2n) is 8.92. The van der Waals surface area contributed by atoms with E-state index in [0.717, 1.165) is 43.7 Å². The van der Waals surface area contributed by atoms with Crippen LogP contribution in [0.3, 0.4) is 0 Å².